The van der Waals surface area contributed by atoms with Crippen LogP contribution in [0.5, 0.6) is 5.75 Å². The molecule has 0 bridgehead atoms. The number of halogens is 1. The van der Waals surface area contributed by atoms with Crippen LogP contribution in [0.2, 0.25) is 5.02 Å². The number of aromatic nitrogens is 3. The van der Waals surface area contributed by atoms with Crippen molar-refractivity contribution >= 4 is 95.7 Å². The molecular weight excluding hydrogens is 658 g/mol. The fourth-order valence-electron chi connectivity index (χ4n) is 4.83. The summed E-state index contributed by atoms with van der Waals surface area (Å²) in [5, 5.41) is 7.70. The second kappa shape index (κ2) is 13.9. The molecule has 0 radical (unpaired) electrons. The van der Waals surface area contributed by atoms with Crippen molar-refractivity contribution in [1.82, 2.24) is 19.9 Å². The number of hydrogen-bond acceptors (Lipinski definition) is 10. The van der Waals surface area contributed by atoms with Crippen LogP contribution in [0.3, 0.4) is 0 Å². The molecule has 44 heavy (non-hydrogen) atoms. The molecule has 228 valence electrons. The summed E-state index contributed by atoms with van der Waals surface area (Å²) in [6.07, 6.45) is 4.19. The number of hydrogen-bond donors (Lipinski definition) is 2. The number of anilines is 1. The predicted molar refractivity (Wildman–Crippen MR) is 181 cm³/mol. The fraction of sp³-hybridized carbons (Fsp3) is 0.300. The van der Waals surface area contributed by atoms with Gasteiger partial charge in [-0.3, -0.25) is 19.0 Å². The highest BCUT2D eigenvalue weighted by Gasteiger charge is 2.21. The Labute approximate surface area is 274 Å². The van der Waals surface area contributed by atoms with Crippen LogP contribution in [0.1, 0.15) is 23.3 Å². The molecule has 1 aliphatic rings. The lowest BCUT2D eigenvalue weighted by molar-refractivity contribution is -0.118. The molecule has 2 N–H and O–H groups in total. The third-order valence-corrected chi connectivity index (χ3v) is 11.6. The summed E-state index contributed by atoms with van der Waals surface area (Å²) in [6, 6.07) is 12.6. The maximum atomic E-state index is 13.1. The second-order valence-electron chi connectivity index (χ2n) is 10.1. The first-order valence-electron chi connectivity index (χ1n) is 14.0. The lowest BCUT2D eigenvalue weighted by atomic mass is 9.97. The smallest absolute Gasteiger partial charge is 0.262 e. The van der Waals surface area contributed by atoms with Gasteiger partial charge in [0.05, 0.1) is 33.7 Å². The van der Waals surface area contributed by atoms with Gasteiger partial charge in [0, 0.05) is 22.6 Å². The number of ether oxygens (including phenoxy) is 1. The van der Waals surface area contributed by atoms with Crippen molar-refractivity contribution in [3.8, 4) is 5.75 Å². The number of amides is 2. The minimum Gasteiger partial charge on any atom is -0.492 e. The molecule has 0 atom stereocenters. The van der Waals surface area contributed by atoms with Gasteiger partial charge in [0.15, 0.2) is 9.50 Å². The zero-order chi connectivity index (χ0) is 30.6. The number of carbonyl (C=O) groups is 2. The Morgan fingerprint density at radius 2 is 1.82 bits per heavy atom. The maximum absolute atomic E-state index is 13.1. The summed E-state index contributed by atoms with van der Waals surface area (Å²) in [5.74, 6) is 0.755. The quantitative estimate of drug-likeness (QED) is 0.0966. The lowest BCUT2D eigenvalue weighted by Crippen LogP contribution is -2.29. The standard InChI is InChI=1S/C30H28ClN5O4S4/c1-36-28(39)26-20-4-2-3-5-22(20)43-27(26)35-29(36)41-16-25(38)33-18-8-11-21-23(14-18)44-30(34-21)42-15-24(37)32-12-13-40-19-9-6-17(31)7-10-19/h6-11,14H,2-5,12-13,15-16H2,1H3,(H,32,37)(H,33,38). The van der Waals surface area contributed by atoms with Gasteiger partial charge in [-0.05, 0) is 73.7 Å². The number of thioether (sulfide) groups is 2. The molecule has 5 aromatic rings. The first-order valence-corrected chi connectivity index (χ1v) is 17.9. The molecule has 2 amide bonds. The highest BCUT2D eigenvalue weighted by atomic mass is 35.5. The molecule has 3 heterocycles. The van der Waals surface area contributed by atoms with E-state index in [1.165, 1.54) is 45.3 Å². The van der Waals surface area contributed by atoms with Crippen molar-refractivity contribution in [3.63, 3.8) is 0 Å². The van der Waals surface area contributed by atoms with E-state index < -0.39 is 0 Å². The predicted octanol–water partition coefficient (Wildman–Crippen LogP) is 6.16. The van der Waals surface area contributed by atoms with E-state index in [0.29, 0.717) is 34.8 Å². The molecule has 3 aromatic heterocycles. The van der Waals surface area contributed by atoms with Crippen LogP contribution in [0.4, 0.5) is 5.69 Å². The number of thiazole rings is 1. The fourth-order valence-corrected chi connectivity index (χ4v) is 8.97. The largest absolute Gasteiger partial charge is 0.492 e. The van der Waals surface area contributed by atoms with Crippen molar-refractivity contribution in [2.75, 3.05) is 30.0 Å². The number of carbonyl (C=O) groups excluding carboxylic acids is 2. The minimum atomic E-state index is -0.190. The monoisotopic (exact) mass is 685 g/mol. The van der Waals surface area contributed by atoms with E-state index in [0.717, 1.165) is 50.5 Å². The van der Waals surface area contributed by atoms with E-state index in [-0.39, 0.29) is 28.9 Å². The van der Waals surface area contributed by atoms with Crippen LogP contribution in [-0.2, 0) is 29.5 Å². The molecule has 0 saturated heterocycles. The molecule has 2 aromatic carbocycles. The van der Waals surface area contributed by atoms with E-state index in [1.54, 1.807) is 47.2 Å². The van der Waals surface area contributed by atoms with Crippen molar-refractivity contribution < 1.29 is 14.3 Å². The Morgan fingerprint density at radius 3 is 2.66 bits per heavy atom. The highest BCUT2D eigenvalue weighted by Crippen LogP contribution is 2.35. The first kappa shape index (κ1) is 30.9. The third kappa shape index (κ3) is 7.23. The van der Waals surface area contributed by atoms with Gasteiger partial charge in [0.2, 0.25) is 11.8 Å². The average molecular weight is 686 g/mol. The molecule has 14 heteroatoms. The van der Waals surface area contributed by atoms with Gasteiger partial charge >= 0.3 is 0 Å². The van der Waals surface area contributed by atoms with E-state index >= 15 is 0 Å². The zero-order valence-corrected chi connectivity index (χ0v) is 27.7. The van der Waals surface area contributed by atoms with Crippen molar-refractivity contribution in [1.29, 1.82) is 0 Å². The van der Waals surface area contributed by atoms with Crippen LogP contribution in [-0.4, -0.2) is 51.0 Å². The van der Waals surface area contributed by atoms with Crippen LogP contribution in [0.25, 0.3) is 20.4 Å². The summed E-state index contributed by atoms with van der Waals surface area (Å²) >= 11 is 11.6. The van der Waals surface area contributed by atoms with Crippen molar-refractivity contribution in [3.05, 3.63) is 68.3 Å². The lowest BCUT2D eigenvalue weighted by Gasteiger charge is -2.11. The third-order valence-electron chi connectivity index (χ3n) is 6.97. The minimum absolute atomic E-state index is 0.0396. The molecule has 0 saturated carbocycles. The van der Waals surface area contributed by atoms with Crippen molar-refractivity contribution in [2.45, 2.75) is 35.2 Å². The summed E-state index contributed by atoms with van der Waals surface area (Å²) < 4.78 is 8.82. The zero-order valence-electron chi connectivity index (χ0n) is 23.7. The molecule has 0 aliphatic heterocycles. The van der Waals surface area contributed by atoms with Gasteiger partial charge in [-0.15, -0.1) is 22.7 Å². The van der Waals surface area contributed by atoms with Crippen LogP contribution < -0.4 is 20.9 Å². The molecule has 9 nitrogen and oxygen atoms in total. The number of benzene rings is 2. The summed E-state index contributed by atoms with van der Waals surface area (Å²) in [4.78, 5) is 49.6. The number of rotatable bonds is 11. The Morgan fingerprint density at radius 1 is 1.02 bits per heavy atom. The Hall–Kier alpha value is -3.10. The Balaban J connectivity index is 0.990. The summed E-state index contributed by atoms with van der Waals surface area (Å²) in [7, 11) is 1.72. The topological polar surface area (TPSA) is 115 Å². The van der Waals surface area contributed by atoms with Gasteiger partial charge in [-0.25, -0.2) is 9.97 Å². The van der Waals surface area contributed by atoms with E-state index in [2.05, 4.69) is 15.6 Å². The molecule has 0 unspecified atom stereocenters. The SMILES string of the molecule is Cn1c(SCC(=O)Nc2ccc3nc(SCC(=O)NCCOc4ccc(Cl)cc4)sc3c2)nc2sc3c(c2c1=O)CCCC3. The van der Waals surface area contributed by atoms with Crippen LogP contribution in [0, 0.1) is 0 Å². The average Bonchev–Trinajstić information content (AvgIpc) is 3.61. The van der Waals surface area contributed by atoms with E-state index in [4.69, 9.17) is 21.3 Å². The first-order chi connectivity index (χ1) is 21.3. The van der Waals surface area contributed by atoms with E-state index in [9.17, 15) is 14.4 Å². The Bertz CT molecular complexity index is 1900. The normalized spacial score (nSPS) is 12.8. The second-order valence-corrected chi connectivity index (χ2v) is 14.8. The van der Waals surface area contributed by atoms with E-state index in [1.807, 2.05) is 18.2 Å². The molecular formula is C30H28ClN5O4S4. The number of fused-ring (bicyclic) bond motifs is 4. The number of aryl methyl sites for hydroxylation is 2. The summed E-state index contributed by atoms with van der Waals surface area (Å²) in [6.45, 7) is 0.743. The number of thiophene rings is 1. The molecule has 1 aliphatic carbocycles. The highest BCUT2D eigenvalue weighted by molar-refractivity contribution is 8.01. The van der Waals surface area contributed by atoms with Crippen LogP contribution >= 0.6 is 57.8 Å². The van der Waals surface area contributed by atoms with Gasteiger partial charge in [-0.2, -0.15) is 0 Å². The van der Waals surface area contributed by atoms with Gasteiger partial charge in [-0.1, -0.05) is 35.1 Å². The van der Waals surface area contributed by atoms with Gasteiger partial charge in [0.25, 0.3) is 5.56 Å². The van der Waals surface area contributed by atoms with Gasteiger partial charge in [0.1, 0.15) is 17.2 Å². The van der Waals surface area contributed by atoms with Crippen molar-refractivity contribution in [2.24, 2.45) is 7.05 Å². The molecule has 0 spiro atoms. The summed E-state index contributed by atoms with van der Waals surface area (Å²) in [5.41, 5.74) is 2.58. The van der Waals surface area contributed by atoms with Crippen LogP contribution in [0.15, 0.2) is 56.8 Å². The van der Waals surface area contributed by atoms with Gasteiger partial charge < -0.3 is 15.4 Å². The molecule has 6 rings (SSSR count). The number of nitrogens with one attached hydrogen (secondary N) is 2. The molecule has 0 fully saturated rings. The Kier molecular flexibility index (Phi) is 9.77. The number of nitrogens with zero attached hydrogens (tertiary/aromatic N) is 3. The maximum Gasteiger partial charge on any atom is 0.262 e.